The lowest BCUT2D eigenvalue weighted by atomic mass is 9.85. The molecule has 152 valence electrons. The summed E-state index contributed by atoms with van der Waals surface area (Å²) in [5.74, 6) is -0.123. The van der Waals surface area contributed by atoms with Gasteiger partial charge in [-0.2, -0.15) is 5.10 Å². The van der Waals surface area contributed by atoms with Gasteiger partial charge in [0.15, 0.2) is 0 Å². The third-order valence-corrected chi connectivity index (χ3v) is 6.03. The van der Waals surface area contributed by atoms with E-state index in [0.29, 0.717) is 0 Å². The highest BCUT2D eigenvalue weighted by Crippen LogP contribution is 2.58. The van der Waals surface area contributed by atoms with Gasteiger partial charge in [0, 0.05) is 5.41 Å². The molecule has 0 spiro atoms. The predicted octanol–water partition coefficient (Wildman–Crippen LogP) is 5.70. The minimum absolute atomic E-state index is 0.00682. The van der Waals surface area contributed by atoms with Crippen LogP contribution in [0.5, 0.6) is 0 Å². The van der Waals surface area contributed by atoms with E-state index < -0.39 is 0 Å². The molecule has 0 unspecified atom stereocenters. The lowest BCUT2D eigenvalue weighted by molar-refractivity contribution is -0.122. The SMILES string of the molecule is CCCC/C(=N/NC(=O)[C@@H]1CC1(c1ccccc1)c1ccccc1)c1ccccc1. The number of nitrogens with one attached hydrogen (secondary N) is 1. The van der Waals surface area contributed by atoms with Crippen LogP contribution in [-0.2, 0) is 10.2 Å². The van der Waals surface area contributed by atoms with E-state index in [9.17, 15) is 4.79 Å². The summed E-state index contributed by atoms with van der Waals surface area (Å²) in [5, 5.41) is 4.56. The fourth-order valence-electron chi connectivity index (χ4n) is 4.30. The van der Waals surface area contributed by atoms with Crippen molar-refractivity contribution in [3.63, 3.8) is 0 Å². The first-order valence-electron chi connectivity index (χ1n) is 10.8. The van der Waals surface area contributed by atoms with Crippen molar-refractivity contribution >= 4 is 11.6 Å². The smallest absolute Gasteiger partial charge is 0.244 e. The highest BCUT2D eigenvalue weighted by Gasteiger charge is 2.60. The van der Waals surface area contributed by atoms with E-state index >= 15 is 0 Å². The third-order valence-electron chi connectivity index (χ3n) is 6.03. The summed E-state index contributed by atoms with van der Waals surface area (Å²) in [6, 6.07) is 30.8. The molecule has 1 fully saturated rings. The van der Waals surface area contributed by atoms with Crippen molar-refractivity contribution in [3.05, 3.63) is 108 Å². The van der Waals surface area contributed by atoms with Crippen molar-refractivity contribution in [2.24, 2.45) is 11.0 Å². The number of amides is 1. The Kier molecular flexibility index (Phi) is 6.08. The van der Waals surface area contributed by atoms with Crippen LogP contribution in [0, 0.1) is 5.92 Å². The molecule has 3 nitrogen and oxygen atoms in total. The quantitative estimate of drug-likeness (QED) is 0.385. The van der Waals surface area contributed by atoms with Crippen LogP contribution in [0.4, 0.5) is 0 Å². The Morgan fingerprint density at radius 3 is 1.97 bits per heavy atom. The fraction of sp³-hybridized carbons (Fsp3) is 0.259. The van der Waals surface area contributed by atoms with E-state index in [2.05, 4.69) is 53.8 Å². The molecule has 1 amide bonds. The molecule has 3 heteroatoms. The molecule has 3 aromatic carbocycles. The Morgan fingerprint density at radius 2 is 1.43 bits per heavy atom. The summed E-state index contributed by atoms with van der Waals surface area (Å²) in [5.41, 5.74) is 7.02. The summed E-state index contributed by atoms with van der Waals surface area (Å²) < 4.78 is 0. The molecule has 30 heavy (non-hydrogen) atoms. The number of benzene rings is 3. The van der Waals surface area contributed by atoms with Gasteiger partial charge in [-0.1, -0.05) is 104 Å². The summed E-state index contributed by atoms with van der Waals surface area (Å²) in [6.07, 6.45) is 3.80. The lowest BCUT2D eigenvalue weighted by Crippen LogP contribution is -2.26. The Balaban J connectivity index is 1.58. The second-order valence-corrected chi connectivity index (χ2v) is 7.96. The maximum Gasteiger partial charge on any atom is 0.244 e. The summed E-state index contributed by atoms with van der Waals surface area (Å²) in [7, 11) is 0. The second-order valence-electron chi connectivity index (χ2n) is 7.96. The van der Waals surface area contributed by atoms with Gasteiger partial charge in [-0.3, -0.25) is 4.79 Å². The molecule has 1 N–H and O–H groups in total. The normalized spacial score (nSPS) is 17.4. The Morgan fingerprint density at radius 1 is 0.900 bits per heavy atom. The molecule has 1 atom stereocenters. The first-order valence-corrected chi connectivity index (χ1v) is 10.8. The second kappa shape index (κ2) is 9.08. The molecule has 0 aliphatic heterocycles. The molecule has 4 rings (SSSR count). The minimum Gasteiger partial charge on any atom is -0.273 e. The van der Waals surface area contributed by atoms with E-state index in [1.807, 2.05) is 54.6 Å². The molecule has 1 saturated carbocycles. The molecule has 3 aromatic rings. The number of carbonyl (C=O) groups excluding carboxylic acids is 1. The van der Waals surface area contributed by atoms with Gasteiger partial charge in [0.2, 0.25) is 5.91 Å². The number of hydrogen-bond acceptors (Lipinski definition) is 2. The van der Waals surface area contributed by atoms with Crippen molar-refractivity contribution in [1.29, 1.82) is 0 Å². The Labute approximate surface area is 178 Å². The van der Waals surface area contributed by atoms with Crippen LogP contribution in [0.25, 0.3) is 0 Å². The maximum atomic E-state index is 13.2. The Hall–Kier alpha value is -3.20. The molecule has 0 heterocycles. The van der Waals surface area contributed by atoms with Gasteiger partial charge in [-0.05, 0) is 36.0 Å². The average molecular weight is 397 g/mol. The monoisotopic (exact) mass is 396 g/mol. The van der Waals surface area contributed by atoms with Crippen LogP contribution in [0.1, 0.15) is 49.3 Å². The van der Waals surface area contributed by atoms with Gasteiger partial charge >= 0.3 is 0 Å². The van der Waals surface area contributed by atoms with Crippen LogP contribution in [-0.4, -0.2) is 11.6 Å². The number of unbranched alkanes of at least 4 members (excludes halogenated alkanes) is 1. The highest BCUT2D eigenvalue weighted by atomic mass is 16.2. The zero-order valence-corrected chi connectivity index (χ0v) is 17.4. The van der Waals surface area contributed by atoms with E-state index in [4.69, 9.17) is 0 Å². The first kappa shape index (κ1) is 20.1. The molecular formula is C27H28N2O. The maximum absolute atomic E-state index is 13.2. The zero-order valence-electron chi connectivity index (χ0n) is 17.4. The zero-order chi connectivity index (χ0) is 20.8. The molecule has 1 aliphatic carbocycles. The van der Waals surface area contributed by atoms with Crippen LogP contribution in [0.3, 0.4) is 0 Å². The molecule has 0 saturated heterocycles. The predicted molar refractivity (Wildman–Crippen MR) is 122 cm³/mol. The van der Waals surface area contributed by atoms with E-state index in [1.165, 1.54) is 11.1 Å². The standard InChI is InChI=1S/C27H28N2O/c1-2-3-19-25(21-13-7-4-8-14-21)28-29-26(30)24-20-27(24,22-15-9-5-10-16-22)23-17-11-6-12-18-23/h4-18,24H,2-3,19-20H2,1H3,(H,29,30)/b28-25-/t24-/m0/s1. The van der Waals surface area contributed by atoms with E-state index in [0.717, 1.165) is 37.0 Å². The van der Waals surface area contributed by atoms with Crippen molar-refractivity contribution in [2.45, 2.75) is 38.0 Å². The number of hydrazone groups is 1. The van der Waals surface area contributed by atoms with Crippen molar-refractivity contribution in [1.82, 2.24) is 5.43 Å². The van der Waals surface area contributed by atoms with Gasteiger partial charge in [0.05, 0.1) is 11.6 Å². The van der Waals surface area contributed by atoms with E-state index in [-0.39, 0.29) is 17.2 Å². The van der Waals surface area contributed by atoms with Gasteiger partial charge in [-0.25, -0.2) is 5.43 Å². The van der Waals surface area contributed by atoms with E-state index in [1.54, 1.807) is 0 Å². The number of nitrogens with zero attached hydrogens (tertiary/aromatic N) is 1. The largest absolute Gasteiger partial charge is 0.273 e. The van der Waals surface area contributed by atoms with Crippen LogP contribution in [0.2, 0.25) is 0 Å². The molecular weight excluding hydrogens is 368 g/mol. The van der Waals surface area contributed by atoms with Gasteiger partial charge in [0.25, 0.3) is 0 Å². The van der Waals surface area contributed by atoms with Crippen molar-refractivity contribution < 1.29 is 4.79 Å². The topological polar surface area (TPSA) is 41.5 Å². The molecule has 0 bridgehead atoms. The molecule has 0 radical (unpaired) electrons. The summed E-state index contributed by atoms with van der Waals surface area (Å²) in [4.78, 5) is 13.2. The van der Waals surface area contributed by atoms with Gasteiger partial charge in [0.1, 0.15) is 0 Å². The van der Waals surface area contributed by atoms with Crippen LogP contribution < -0.4 is 5.43 Å². The Bertz CT molecular complexity index is 957. The average Bonchev–Trinajstić information content (AvgIpc) is 3.58. The lowest BCUT2D eigenvalue weighted by Gasteiger charge is -2.18. The third kappa shape index (κ3) is 4.06. The molecule has 0 aromatic heterocycles. The minimum atomic E-state index is -0.265. The van der Waals surface area contributed by atoms with Crippen molar-refractivity contribution in [2.75, 3.05) is 0 Å². The fourth-order valence-corrected chi connectivity index (χ4v) is 4.30. The summed E-state index contributed by atoms with van der Waals surface area (Å²) >= 11 is 0. The van der Waals surface area contributed by atoms with Crippen LogP contribution in [0.15, 0.2) is 96.1 Å². The van der Waals surface area contributed by atoms with Crippen molar-refractivity contribution in [3.8, 4) is 0 Å². The first-order chi connectivity index (χ1) is 14.8. The summed E-state index contributed by atoms with van der Waals surface area (Å²) in [6.45, 7) is 2.17. The number of rotatable bonds is 8. The van der Waals surface area contributed by atoms with Crippen LogP contribution >= 0.6 is 0 Å². The highest BCUT2D eigenvalue weighted by molar-refractivity contribution is 6.01. The van der Waals surface area contributed by atoms with Gasteiger partial charge in [-0.15, -0.1) is 0 Å². The number of hydrogen-bond donors (Lipinski definition) is 1. The number of carbonyl (C=O) groups is 1. The van der Waals surface area contributed by atoms with Gasteiger partial charge < -0.3 is 0 Å². The molecule has 1 aliphatic rings.